The van der Waals surface area contributed by atoms with E-state index in [1.807, 2.05) is 10.3 Å². The SMILES string of the molecule is CCC(N)C(c1cc(Br)cs1)N(CCO)CCO. The smallest absolute Gasteiger partial charge is 0.0595 e. The van der Waals surface area contributed by atoms with Crippen molar-refractivity contribution in [1.82, 2.24) is 4.90 Å². The molecule has 0 amide bonds. The van der Waals surface area contributed by atoms with Crippen LogP contribution in [0.4, 0.5) is 0 Å². The second-order valence-electron chi connectivity index (χ2n) is 4.17. The van der Waals surface area contributed by atoms with Crippen LogP contribution in [0.2, 0.25) is 0 Å². The van der Waals surface area contributed by atoms with Gasteiger partial charge in [-0.1, -0.05) is 6.92 Å². The van der Waals surface area contributed by atoms with E-state index in [0.29, 0.717) is 13.1 Å². The molecule has 4 N–H and O–H groups in total. The molecule has 0 aliphatic carbocycles. The third-order valence-electron chi connectivity index (χ3n) is 2.92. The first-order valence-electron chi connectivity index (χ1n) is 6.09. The first kappa shape index (κ1) is 16.1. The van der Waals surface area contributed by atoms with Gasteiger partial charge >= 0.3 is 0 Å². The second kappa shape index (κ2) is 8.24. The Morgan fingerprint density at radius 1 is 1.39 bits per heavy atom. The van der Waals surface area contributed by atoms with Crippen LogP contribution in [-0.4, -0.2) is 47.5 Å². The number of aliphatic hydroxyl groups is 2. The summed E-state index contributed by atoms with van der Waals surface area (Å²) in [5.74, 6) is 0. The van der Waals surface area contributed by atoms with Crippen molar-refractivity contribution >= 4 is 27.3 Å². The van der Waals surface area contributed by atoms with Crippen molar-refractivity contribution < 1.29 is 10.2 Å². The number of rotatable bonds is 8. The van der Waals surface area contributed by atoms with E-state index in [0.717, 1.165) is 15.8 Å². The van der Waals surface area contributed by atoms with Crippen LogP contribution in [0, 0.1) is 0 Å². The van der Waals surface area contributed by atoms with E-state index >= 15 is 0 Å². The number of thiophene rings is 1. The molecule has 18 heavy (non-hydrogen) atoms. The van der Waals surface area contributed by atoms with Crippen molar-refractivity contribution in [2.24, 2.45) is 5.73 Å². The van der Waals surface area contributed by atoms with Gasteiger partial charge in [-0.2, -0.15) is 0 Å². The van der Waals surface area contributed by atoms with Gasteiger partial charge in [0, 0.05) is 33.9 Å². The Labute approximate surface area is 121 Å². The fourth-order valence-corrected chi connectivity index (χ4v) is 3.67. The molecule has 0 saturated heterocycles. The molecule has 1 heterocycles. The van der Waals surface area contributed by atoms with Gasteiger partial charge in [0.2, 0.25) is 0 Å². The van der Waals surface area contributed by atoms with E-state index < -0.39 is 0 Å². The molecular formula is C12H21BrN2O2S. The van der Waals surface area contributed by atoms with Gasteiger partial charge in [-0.3, -0.25) is 4.90 Å². The predicted octanol–water partition coefficient (Wildman–Crippen LogP) is 1.58. The van der Waals surface area contributed by atoms with Gasteiger partial charge in [0.15, 0.2) is 0 Å². The van der Waals surface area contributed by atoms with Gasteiger partial charge in [-0.15, -0.1) is 11.3 Å². The first-order valence-corrected chi connectivity index (χ1v) is 7.76. The lowest BCUT2D eigenvalue weighted by atomic mass is 10.0. The zero-order chi connectivity index (χ0) is 13.5. The summed E-state index contributed by atoms with van der Waals surface area (Å²) in [7, 11) is 0. The molecular weight excluding hydrogens is 316 g/mol. The van der Waals surface area contributed by atoms with Crippen molar-refractivity contribution in [2.75, 3.05) is 26.3 Å². The number of hydrogen-bond acceptors (Lipinski definition) is 5. The number of nitrogens with zero attached hydrogens (tertiary/aromatic N) is 1. The summed E-state index contributed by atoms with van der Waals surface area (Å²) >= 11 is 5.10. The van der Waals surface area contributed by atoms with Crippen LogP contribution in [0.15, 0.2) is 15.9 Å². The fraction of sp³-hybridized carbons (Fsp3) is 0.667. The van der Waals surface area contributed by atoms with Gasteiger partial charge in [-0.25, -0.2) is 0 Å². The van der Waals surface area contributed by atoms with E-state index in [1.165, 1.54) is 0 Å². The standard InChI is InChI=1S/C12H21BrN2O2S/c1-2-10(14)12(11-7-9(13)8-18-11)15(3-5-16)4-6-17/h7-8,10,12,16-17H,2-6,14H2,1H3. The molecule has 1 rings (SSSR count). The lowest BCUT2D eigenvalue weighted by Crippen LogP contribution is -2.43. The normalized spacial score (nSPS) is 15.0. The van der Waals surface area contributed by atoms with Gasteiger partial charge < -0.3 is 15.9 Å². The molecule has 1 aromatic heterocycles. The molecule has 2 unspecified atom stereocenters. The molecule has 2 atom stereocenters. The lowest BCUT2D eigenvalue weighted by molar-refractivity contribution is 0.109. The molecule has 0 aromatic carbocycles. The minimum Gasteiger partial charge on any atom is -0.395 e. The molecule has 0 saturated carbocycles. The van der Waals surface area contributed by atoms with Crippen molar-refractivity contribution in [2.45, 2.75) is 25.4 Å². The summed E-state index contributed by atoms with van der Waals surface area (Å²) in [5, 5.41) is 20.3. The highest BCUT2D eigenvalue weighted by Crippen LogP contribution is 2.32. The average Bonchev–Trinajstić information content (AvgIpc) is 2.76. The van der Waals surface area contributed by atoms with E-state index in [9.17, 15) is 0 Å². The van der Waals surface area contributed by atoms with Crippen LogP contribution in [0.1, 0.15) is 24.3 Å². The average molecular weight is 337 g/mol. The van der Waals surface area contributed by atoms with Crippen molar-refractivity contribution in [3.8, 4) is 0 Å². The molecule has 0 radical (unpaired) electrons. The summed E-state index contributed by atoms with van der Waals surface area (Å²) in [4.78, 5) is 3.21. The molecule has 0 fully saturated rings. The van der Waals surface area contributed by atoms with Crippen LogP contribution in [-0.2, 0) is 0 Å². The molecule has 0 aliphatic heterocycles. The fourth-order valence-electron chi connectivity index (χ4n) is 2.02. The predicted molar refractivity (Wildman–Crippen MR) is 78.8 cm³/mol. The third kappa shape index (κ3) is 4.29. The Morgan fingerprint density at radius 3 is 2.39 bits per heavy atom. The topological polar surface area (TPSA) is 69.7 Å². The maximum Gasteiger partial charge on any atom is 0.0595 e. The highest BCUT2D eigenvalue weighted by Gasteiger charge is 2.26. The third-order valence-corrected chi connectivity index (χ3v) is 4.69. The van der Waals surface area contributed by atoms with Crippen molar-refractivity contribution in [1.29, 1.82) is 0 Å². The molecule has 104 valence electrons. The maximum absolute atomic E-state index is 9.15. The summed E-state index contributed by atoms with van der Waals surface area (Å²) < 4.78 is 1.05. The Hall–Kier alpha value is 0.0200. The minimum absolute atomic E-state index is 0.00588. The molecule has 0 spiro atoms. The van der Waals surface area contributed by atoms with E-state index in [4.69, 9.17) is 15.9 Å². The number of hydrogen-bond donors (Lipinski definition) is 3. The minimum atomic E-state index is -0.00588. The second-order valence-corrected chi connectivity index (χ2v) is 6.03. The zero-order valence-electron chi connectivity index (χ0n) is 10.6. The van der Waals surface area contributed by atoms with Gasteiger partial charge in [-0.05, 0) is 28.4 Å². The van der Waals surface area contributed by atoms with Crippen LogP contribution < -0.4 is 5.73 Å². The Morgan fingerprint density at radius 2 is 2.00 bits per heavy atom. The van der Waals surface area contributed by atoms with Crippen LogP contribution in [0.25, 0.3) is 0 Å². The lowest BCUT2D eigenvalue weighted by Gasteiger charge is -2.33. The highest BCUT2D eigenvalue weighted by molar-refractivity contribution is 9.10. The Balaban J connectivity index is 2.94. The summed E-state index contributed by atoms with van der Waals surface area (Å²) in [6.07, 6.45) is 0.855. The molecule has 4 nitrogen and oxygen atoms in total. The van der Waals surface area contributed by atoms with Crippen LogP contribution >= 0.6 is 27.3 Å². The largest absolute Gasteiger partial charge is 0.395 e. The molecule has 0 bridgehead atoms. The van der Waals surface area contributed by atoms with Gasteiger partial charge in [0.25, 0.3) is 0 Å². The van der Waals surface area contributed by atoms with Crippen LogP contribution in [0.5, 0.6) is 0 Å². The number of aliphatic hydroxyl groups excluding tert-OH is 2. The molecule has 0 aliphatic rings. The van der Waals surface area contributed by atoms with Gasteiger partial charge in [0.1, 0.15) is 0 Å². The molecule has 1 aromatic rings. The van der Waals surface area contributed by atoms with Gasteiger partial charge in [0.05, 0.1) is 19.3 Å². The highest BCUT2D eigenvalue weighted by atomic mass is 79.9. The Kier molecular flexibility index (Phi) is 7.36. The Bertz CT molecular complexity index is 343. The summed E-state index contributed by atoms with van der Waals surface area (Å²) in [6.45, 7) is 3.23. The zero-order valence-corrected chi connectivity index (χ0v) is 13.0. The van der Waals surface area contributed by atoms with Crippen molar-refractivity contribution in [3.63, 3.8) is 0 Å². The van der Waals surface area contributed by atoms with E-state index in [1.54, 1.807) is 11.3 Å². The summed E-state index contributed by atoms with van der Waals surface area (Å²) in [6, 6.07) is 2.10. The summed E-state index contributed by atoms with van der Waals surface area (Å²) in [5.41, 5.74) is 6.21. The molecule has 6 heteroatoms. The quantitative estimate of drug-likeness (QED) is 0.674. The number of halogens is 1. The van der Waals surface area contributed by atoms with E-state index in [-0.39, 0.29) is 25.3 Å². The first-order chi connectivity index (χ1) is 8.63. The maximum atomic E-state index is 9.15. The monoisotopic (exact) mass is 336 g/mol. The number of nitrogens with two attached hydrogens (primary N) is 1. The van der Waals surface area contributed by atoms with Crippen LogP contribution in [0.3, 0.4) is 0 Å². The van der Waals surface area contributed by atoms with E-state index in [2.05, 4.69) is 28.9 Å². The van der Waals surface area contributed by atoms with Crippen molar-refractivity contribution in [3.05, 3.63) is 20.8 Å².